The molecule has 13 rings (SSSR count). The first-order chi connectivity index (χ1) is 36.7. The van der Waals surface area contributed by atoms with E-state index in [2.05, 4.69) is 282 Å². The SMILES string of the molecule is CC(C)(C)c1ccnc(-n2c3ccc(-c4ccccc4)cc3c3ccc(-c4cccc5c4nc(-c4cc(-c6ccccc6)cc6c4[nH]c4ccc(C(C)(C)C)cc46)n5-c4cccc(C(C)(C)c5ccccc5)c4)cc32)c1. The van der Waals surface area contributed by atoms with E-state index in [1.165, 1.54) is 54.9 Å². The molecular formula is C71H61N5. The van der Waals surface area contributed by atoms with Crippen LogP contribution in [0.5, 0.6) is 0 Å². The van der Waals surface area contributed by atoms with Crippen molar-refractivity contribution >= 4 is 54.6 Å². The molecule has 0 atom stereocenters. The van der Waals surface area contributed by atoms with Gasteiger partial charge in [-0.1, -0.05) is 195 Å². The van der Waals surface area contributed by atoms with Crippen LogP contribution in [0.1, 0.15) is 77.6 Å². The lowest BCUT2D eigenvalue weighted by Gasteiger charge is -2.27. The van der Waals surface area contributed by atoms with Crippen LogP contribution in [0.2, 0.25) is 0 Å². The van der Waals surface area contributed by atoms with E-state index in [4.69, 9.17) is 9.97 Å². The third-order valence-corrected chi connectivity index (χ3v) is 16.0. The Bertz CT molecular complexity index is 4370. The summed E-state index contributed by atoms with van der Waals surface area (Å²) in [6.45, 7) is 18.3. The first-order valence-electron chi connectivity index (χ1n) is 26.6. The predicted octanol–water partition coefficient (Wildman–Crippen LogP) is 18.7. The first-order valence-corrected chi connectivity index (χ1v) is 26.6. The number of rotatable bonds is 8. The molecule has 5 heteroatoms. The summed E-state index contributed by atoms with van der Waals surface area (Å²) >= 11 is 0. The standard InChI is InChI=1S/C71H61N5/c1-69(2,3)51-32-34-61-57(43-51)59-39-49(46-22-14-10-15-23-46)40-60(66(59)73-61)68-74-67-55(28-19-29-63(67)75(68)54-27-18-26-53(42-54)71(7,8)50-24-16-11-17-25-50)48-30-33-56-58-38-47(45-20-12-9-13-21-45)31-35-62(58)76(64(56)41-48)65-44-52(36-37-72-65)70(4,5)6/h9-44,73H,1-8H3. The van der Waals surface area contributed by atoms with Gasteiger partial charge in [-0.2, -0.15) is 0 Å². The number of aromatic amines is 1. The number of benzene rings is 9. The molecule has 9 aromatic carbocycles. The van der Waals surface area contributed by atoms with Crippen LogP contribution in [0.25, 0.3) is 111 Å². The second-order valence-electron chi connectivity index (χ2n) is 23.3. The fourth-order valence-corrected chi connectivity index (χ4v) is 11.5. The quantitative estimate of drug-likeness (QED) is 0.165. The maximum absolute atomic E-state index is 5.91. The molecule has 0 aliphatic heterocycles. The van der Waals surface area contributed by atoms with Gasteiger partial charge in [0.15, 0.2) is 0 Å². The molecule has 0 radical (unpaired) electrons. The number of pyridine rings is 1. The van der Waals surface area contributed by atoms with Crippen LogP contribution in [0, 0.1) is 0 Å². The van der Waals surface area contributed by atoms with Crippen molar-refractivity contribution in [1.29, 1.82) is 0 Å². The maximum atomic E-state index is 5.91. The normalized spacial score (nSPS) is 12.5. The van der Waals surface area contributed by atoms with Crippen LogP contribution in [-0.2, 0) is 16.2 Å². The van der Waals surface area contributed by atoms with Gasteiger partial charge in [0.2, 0.25) is 0 Å². The molecule has 1 N–H and O–H groups in total. The highest BCUT2D eigenvalue weighted by molar-refractivity contribution is 6.15. The van der Waals surface area contributed by atoms with E-state index in [1.54, 1.807) is 0 Å². The molecule has 0 saturated carbocycles. The summed E-state index contributed by atoms with van der Waals surface area (Å²) in [4.78, 5) is 14.9. The molecule has 370 valence electrons. The molecule has 0 saturated heterocycles. The topological polar surface area (TPSA) is 51.4 Å². The average Bonchev–Trinajstić information content (AvgIpc) is 4.13. The average molecular weight is 984 g/mol. The molecule has 13 aromatic rings. The molecule has 0 spiro atoms. The molecule has 0 aliphatic carbocycles. The molecule has 0 unspecified atom stereocenters. The Hall–Kier alpha value is -8.80. The number of fused-ring (bicyclic) bond motifs is 7. The Kier molecular flexibility index (Phi) is 10.9. The molecule has 0 bridgehead atoms. The largest absolute Gasteiger partial charge is 0.354 e. The summed E-state index contributed by atoms with van der Waals surface area (Å²) in [6, 6.07) is 77.9. The summed E-state index contributed by atoms with van der Waals surface area (Å²) in [6.07, 6.45) is 1.96. The van der Waals surface area contributed by atoms with E-state index in [1.807, 2.05) is 6.20 Å². The molecule has 0 amide bonds. The summed E-state index contributed by atoms with van der Waals surface area (Å²) in [5.74, 6) is 1.77. The minimum absolute atomic E-state index is 0.0178. The predicted molar refractivity (Wildman–Crippen MR) is 320 cm³/mol. The highest BCUT2D eigenvalue weighted by atomic mass is 15.1. The molecule has 5 nitrogen and oxygen atoms in total. The molecule has 4 heterocycles. The van der Waals surface area contributed by atoms with Gasteiger partial charge < -0.3 is 4.98 Å². The van der Waals surface area contributed by atoms with Crippen molar-refractivity contribution in [3.8, 4) is 56.3 Å². The number of aromatic nitrogens is 5. The lowest BCUT2D eigenvalue weighted by Crippen LogP contribution is -2.19. The summed E-state index contributed by atoms with van der Waals surface area (Å²) in [5, 5.41) is 4.74. The first kappa shape index (κ1) is 46.9. The zero-order valence-electron chi connectivity index (χ0n) is 44.6. The smallest absolute Gasteiger partial charge is 0.147 e. The molecule has 4 aromatic heterocycles. The zero-order chi connectivity index (χ0) is 52.1. The van der Waals surface area contributed by atoms with Crippen molar-refractivity contribution in [1.82, 2.24) is 24.1 Å². The van der Waals surface area contributed by atoms with E-state index >= 15 is 0 Å². The van der Waals surface area contributed by atoms with Gasteiger partial charge in [-0.3, -0.25) is 9.13 Å². The highest BCUT2D eigenvalue weighted by Gasteiger charge is 2.27. The Balaban J connectivity index is 1.09. The van der Waals surface area contributed by atoms with E-state index in [9.17, 15) is 0 Å². The number of nitrogens with zero attached hydrogens (tertiary/aromatic N) is 4. The Morgan fingerprint density at radius 1 is 0.382 bits per heavy atom. The number of H-pyrrole nitrogens is 1. The molecule has 0 fully saturated rings. The molecular weight excluding hydrogens is 923 g/mol. The zero-order valence-corrected chi connectivity index (χ0v) is 44.6. The van der Waals surface area contributed by atoms with Crippen molar-refractivity contribution in [2.24, 2.45) is 0 Å². The molecule has 76 heavy (non-hydrogen) atoms. The van der Waals surface area contributed by atoms with Gasteiger partial charge in [0, 0.05) is 55.5 Å². The lowest BCUT2D eigenvalue weighted by molar-refractivity contribution is 0.588. The van der Waals surface area contributed by atoms with Gasteiger partial charge in [0.1, 0.15) is 11.6 Å². The van der Waals surface area contributed by atoms with E-state index in [0.29, 0.717) is 0 Å². The van der Waals surface area contributed by atoms with Gasteiger partial charge in [-0.25, -0.2) is 9.97 Å². The van der Waals surface area contributed by atoms with Gasteiger partial charge in [-0.05, 0) is 134 Å². The van der Waals surface area contributed by atoms with E-state index in [0.717, 1.165) is 78.2 Å². The van der Waals surface area contributed by atoms with Crippen molar-refractivity contribution in [3.63, 3.8) is 0 Å². The van der Waals surface area contributed by atoms with Gasteiger partial charge >= 0.3 is 0 Å². The van der Waals surface area contributed by atoms with Gasteiger partial charge in [0.05, 0.1) is 27.6 Å². The van der Waals surface area contributed by atoms with Crippen molar-refractivity contribution in [3.05, 3.63) is 241 Å². The van der Waals surface area contributed by atoms with Crippen LogP contribution >= 0.6 is 0 Å². The second-order valence-corrected chi connectivity index (χ2v) is 23.3. The number of hydrogen-bond acceptors (Lipinski definition) is 2. The maximum Gasteiger partial charge on any atom is 0.147 e. The van der Waals surface area contributed by atoms with Crippen LogP contribution in [0.15, 0.2) is 219 Å². The minimum atomic E-state index is -0.265. The summed E-state index contributed by atoms with van der Waals surface area (Å²) in [5.41, 5.74) is 19.9. The second kappa shape index (κ2) is 17.7. The monoisotopic (exact) mass is 983 g/mol. The van der Waals surface area contributed by atoms with Crippen molar-refractivity contribution in [2.75, 3.05) is 0 Å². The van der Waals surface area contributed by atoms with Crippen molar-refractivity contribution in [2.45, 2.75) is 71.6 Å². The van der Waals surface area contributed by atoms with Crippen LogP contribution in [0.3, 0.4) is 0 Å². The summed E-state index contributed by atoms with van der Waals surface area (Å²) < 4.78 is 4.76. The van der Waals surface area contributed by atoms with Crippen LogP contribution in [0.4, 0.5) is 0 Å². The lowest BCUT2D eigenvalue weighted by atomic mass is 9.78. The van der Waals surface area contributed by atoms with Crippen molar-refractivity contribution < 1.29 is 0 Å². The fourth-order valence-electron chi connectivity index (χ4n) is 11.5. The fraction of sp³-hybridized carbons (Fsp3) is 0.155. The van der Waals surface area contributed by atoms with Gasteiger partial charge in [-0.15, -0.1) is 0 Å². The number of para-hydroxylation sites is 1. The highest BCUT2D eigenvalue weighted by Crippen LogP contribution is 2.44. The number of imidazole rings is 1. The Morgan fingerprint density at radius 3 is 1.78 bits per heavy atom. The number of hydrogen-bond donors (Lipinski definition) is 1. The third kappa shape index (κ3) is 7.92. The van der Waals surface area contributed by atoms with Crippen LogP contribution in [-0.4, -0.2) is 24.1 Å². The van der Waals surface area contributed by atoms with E-state index in [-0.39, 0.29) is 16.2 Å². The summed E-state index contributed by atoms with van der Waals surface area (Å²) in [7, 11) is 0. The Morgan fingerprint density at radius 2 is 1.04 bits per heavy atom. The minimum Gasteiger partial charge on any atom is -0.354 e. The third-order valence-electron chi connectivity index (χ3n) is 16.0. The molecule has 0 aliphatic rings. The van der Waals surface area contributed by atoms with E-state index < -0.39 is 0 Å². The number of nitrogens with one attached hydrogen (secondary N) is 1. The Labute approximate surface area is 445 Å². The van der Waals surface area contributed by atoms with Gasteiger partial charge in [0.25, 0.3) is 0 Å². The van der Waals surface area contributed by atoms with Crippen LogP contribution < -0.4 is 0 Å².